The number of halogens is 2. The van der Waals surface area contributed by atoms with Gasteiger partial charge in [-0.05, 0) is 61.0 Å². The molecule has 5 nitrogen and oxygen atoms in total. The van der Waals surface area contributed by atoms with Crippen molar-refractivity contribution >= 4 is 34.9 Å². The molecule has 0 aliphatic carbocycles. The number of benzene rings is 3. The molecule has 0 saturated carbocycles. The molecule has 1 fully saturated rings. The van der Waals surface area contributed by atoms with Gasteiger partial charge in [0.25, 0.3) is 0 Å². The molecule has 4 atom stereocenters. The molecule has 1 N–H and O–H groups in total. The minimum Gasteiger partial charge on any atom is -0.352 e. The molecule has 6 rings (SSSR count). The lowest BCUT2D eigenvalue weighted by Gasteiger charge is -2.37. The zero-order valence-corrected chi connectivity index (χ0v) is 18.7. The average molecular weight is 470 g/mol. The number of anilines is 2. The van der Waals surface area contributed by atoms with Crippen LogP contribution in [0.25, 0.3) is 6.08 Å². The number of amides is 1. The van der Waals surface area contributed by atoms with E-state index < -0.39 is 40.8 Å². The van der Waals surface area contributed by atoms with Crippen molar-refractivity contribution in [3.8, 4) is 0 Å². The summed E-state index contributed by atoms with van der Waals surface area (Å²) in [6, 6.07) is 14.8. The first kappa shape index (κ1) is 21.4. The number of ketones is 2. The van der Waals surface area contributed by atoms with Crippen LogP contribution in [-0.2, 0) is 15.0 Å². The summed E-state index contributed by atoms with van der Waals surface area (Å²) in [6.45, 7) is 1.39. The van der Waals surface area contributed by atoms with Crippen LogP contribution in [0.4, 0.5) is 20.2 Å². The minimum absolute atomic E-state index is 0.211. The zero-order chi connectivity index (χ0) is 24.5. The first-order chi connectivity index (χ1) is 16.8. The normalized spacial score (nSPS) is 25.7. The van der Waals surface area contributed by atoms with Crippen molar-refractivity contribution in [2.24, 2.45) is 5.92 Å². The fourth-order valence-electron chi connectivity index (χ4n) is 6.10. The number of nitrogens with one attached hydrogen (secondary N) is 1. The van der Waals surface area contributed by atoms with Gasteiger partial charge >= 0.3 is 0 Å². The molecule has 3 aromatic carbocycles. The highest BCUT2D eigenvalue weighted by atomic mass is 19.1. The molecule has 3 aromatic rings. The van der Waals surface area contributed by atoms with E-state index in [9.17, 15) is 23.2 Å². The van der Waals surface area contributed by atoms with Crippen LogP contribution in [0, 0.1) is 17.6 Å². The summed E-state index contributed by atoms with van der Waals surface area (Å²) in [5.41, 5.74) is 1.13. The van der Waals surface area contributed by atoms with Gasteiger partial charge < -0.3 is 10.2 Å². The predicted octanol–water partition coefficient (Wildman–Crippen LogP) is 4.53. The molecule has 35 heavy (non-hydrogen) atoms. The lowest BCUT2D eigenvalue weighted by Crippen LogP contribution is -2.51. The summed E-state index contributed by atoms with van der Waals surface area (Å²) in [5, 5.41) is 2.92. The number of carbonyl (C=O) groups excluding carboxylic acids is 3. The third-order valence-electron chi connectivity index (χ3n) is 7.42. The maximum Gasteiger partial charge on any atom is 0.238 e. The second kappa shape index (κ2) is 7.43. The Balaban J connectivity index is 1.65. The quantitative estimate of drug-likeness (QED) is 0.572. The van der Waals surface area contributed by atoms with Gasteiger partial charge in [-0.15, -0.1) is 0 Å². The Morgan fingerprint density at radius 1 is 0.971 bits per heavy atom. The smallest absolute Gasteiger partial charge is 0.238 e. The second-order valence-electron chi connectivity index (χ2n) is 9.19. The molecule has 0 aromatic heterocycles. The topological polar surface area (TPSA) is 66.5 Å². The fraction of sp³-hybridized carbons (Fsp3) is 0.179. The van der Waals surface area contributed by atoms with Crippen LogP contribution < -0.4 is 10.2 Å². The second-order valence-corrected chi connectivity index (χ2v) is 9.19. The van der Waals surface area contributed by atoms with Crippen LogP contribution in [0.5, 0.6) is 0 Å². The van der Waals surface area contributed by atoms with Crippen molar-refractivity contribution in [3.63, 3.8) is 0 Å². The number of carbonyl (C=O) groups is 3. The number of nitrogens with zero attached hydrogens (tertiary/aromatic N) is 1. The van der Waals surface area contributed by atoms with Gasteiger partial charge in [0, 0.05) is 22.5 Å². The SMILES string of the molecule is CC(=O)[C@@H]1[C@H](C(=O)c2ccc(F)cc2)[C@@]2(C(=O)Nc3ccccc32)[C@@H]2C=Cc3cc(F)ccc3N12. The zero-order valence-electron chi connectivity index (χ0n) is 18.7. The van der Waals surface area contributed by atoms with Gasteiger partial charge in [0.1, 0.15) is 17.0 Å². The highest BCUT2D eigenvalue weighted by Gasteiger charge is 2.69. The van der Waals surface area contributed by atoms with Gasteiger partial charge in [-0.3, -0.25) is 14.4 Å². The van der Waals surface area contributed by atoms with E-state index in [4.69, 9.17) is 0 Å². The molecule has 174 valence electrons. The Labute approximate surface area is 200 Å². The number of hydrogen-bond acceptors (Lipinski definition) is 4. The van der Waals surface area contributed by atoms with Gasteiger partial charge in [-0.2, -0.15) is 0 Å². The largest absolute Gasteiger partial charge is 0.352 e. The van der Waals surface area contributed by atoms with Crippen LogP contribution in [0.2, 0.25) is 0 Å². The Bertz CT molecular complexity index is 1450. The molecule has 1 saturated heterocycles. The number of para-hydroxylation sites is 1. The van der Waals surface area contributed by atoms with E-state index in [-0.39, 0.29) is 17.3 Å². The van der Waals surface area contributed by atoms with Gasteiger partial charge in [-0.25, -0.2) is 8.78 Å². The van der Waals surface area contributed by atoms with E-state index in [0.29, 0.717) is 22.5 Å². The Morgan fingerprint density at radius 3 is 2.43 bits per heavy atom. The highest BCUT2D eigenvalue weighted by molar-refractivity contribution is 6.16. The Morgan fingerprint density at radius 2 is 1.69 bits per heavy atom. The van der Waals surface area contributed by atoms with Crippen molar-refractivity contribution in [3.05, 3.63) is 101 Å². The first-order valence-electron chi connectivity index (χ1n) is 11.3. The summed E-state index contributed by atoms with van der Waals surface area (Å²) in [6.07, 6.45) is 3.51. The molecular weight excluding hydrogens is 450 g/mol. The van der Waals surface area contributed by atoms with Crippen LogP contribution in [0.1, 0.15) is 28.4 Å². The van der Waals surface area contributed by atoms with Crippen molar-refractivity contribution < 1.29 is 23.2 Å². The third-order valence-corrected chi connectivity index (χ3v) is 7.42. The molecular formula is C28H20F2N2O3. The van der Waals surface area contributed by atoms with Crippen LogP contribution in [0.3, 0.4) is 0 Å². The Kier molecular flexibility index (Phi) is 4.55. The van der Waals surface area contributed by atoms with E-state index in [0.717, 1.165) is 0 Å². The monoisotopic (exact) mass is 470 g/mol. The summed E-state index contributed by atoms with van der Waals surface area (Å²) in [4.78, 5) is 43.1. The number of hydrogen-bond donors (Lipinski definition) is 1. The van der Waals surface area contributed by atoms with Crippen LogP contribution in [0.15, 0.2) is 72.8 Å². The van der Waals surface area contributed by atoms with Gasteiger partial charge in [0.05, 0.1) is 18.0 Å². The molecule has 0 unspecified atom stereocenters. The first-order valence-corrected chi connectivity index (χ1v) is 11.3. The van der Waals surface area contributed by atoms with Gasteiger partial charge in [0.2, 0.25) is 5.91 Å². The summed E-state index contributed by atoms with van der Waals surface area (Å²) in [5.74, 6) is -3.12. The fourth-order valence-corrected chi connectivity index (χ4v) is 6.10. The van der Waals surface area contributed by atoms with Crippen LogP contribution >= 0.6 is 0 Å². The number of rotatable bonds is 3. The standard InChI is InChI=1S/C28H20F2N2O3/c1-15(33)25-24(26(34)16-6-9-18(29)10-7-16)28(20-4-2-3-5-21(20)31-27(28)35)23-13-8-17-14-19(30)11-12-22(17)32(23)25/h2-14,23-25H,1H3,(H,31,35)/t23-,24+,25+,28-/m0/s1. The maximum atomic E-state index is 14.1. The summed E-state index contributed by atoms with van der Waals surface area (Å²) >= 11 is 0. The molecule has 0 bridgehead atoms. The van der Waals surface area contributed by atoms with Crippen molar-refractivity contribution in [1.82, 2.24) is 0 Å². The van der Waals surface area contributed by atoms with Crippen molar-refractivity contribution in [1.29, 1.82) is 0 Å². The third kappa shape index (κ3) is 2.81. The molecule has 0 radical (unpaired) electrons. The molecule has 3 aliphatic rings. The Hall–Kier alpha value is -4.13. The minimum atomic E-state index is -1.42. The van der Waals surface area contributed by atoms with E-state index in [1.54, 1.807) is 47.4 Å². The molecule has 1 spiro atoms. The molecule has 3 heterocycles. The molecule has 7 heteroatoms. The van der Waals surface area contributed by atoms with Crippen molar-refractivity contribution in [2.75, 3.05) is 10.2 Å². The van der Waals surface area contributed by atoms with Gasteiger partial charge in [-0.1, -0.05) is 30.4 Å². The van der Waals surface area contributed by atoms with E-state index >= 15 is 0 Å². The van der Waals surface area contributed by atoms with E-state index in [1.165, 1.54) is 43.3 Å². The summed E-state index contributed by atoms with van der Waals surface area (Å²) < 4.78 is 27.7. The van der Waals surface area contributed by atoms with E-state index in [1.807, 2.05) is 0 Å². The van der Waals surface area contributed by atoms with Crippen molar-refractivity contribution in [2.45, 2.75) is 24.4 Å². The van der Waals surface area contributed by atoms with Crippen LogP contribution in [-0.4, -0.2) is 29.6 Å². The predicted molar refractivity (Wildman–Crippen MR) is 127 cm³/mol. The lowest BCUT2D eigenvalue weighted by atomic mass is 9.64. The highest BCUT2D eigenvalue weighted by Crippen LogP contribution is 2.57. The number of fused-ring (bicyclic) bond motifs is 6. The summed E-state index contributed by atoms with van der Waals surface area (Å²) in [7, 11) is 0. The average Bonchev–Trinajstić information content (AvgIpc) is 3.32. The number of Topliss-reactive ketones (excluding diaryl/α,β-unsaturated/α-hetero) is 2. The molecule has 3 aliphatic heterocycles. The molecule has 1 amide bonds. The maximum absolute atomic E-state index is 14.1. The van der Waals surface area contributed by atoms with E-state index in [2.05, 4.69) is 5.32 Å². The van der Waals surface area contributed by atoms with Gasteiger partial charge in [0.15, 0.2) is 11.6 Å². The lowest BCUT2D eigenvalue weighted by molar-refractivity contribution is -0.122.